The number of halogens is 1. The maximum Gasteiger partial charge on any atom is 0.0886 e. The standard InChI is InChI=1S/C10H17IO/c1-3-4-5-6-9-10(11)8(2)7-12-9/h9H,3-7H2,1-2H3/t9-/m0/s1. The van der Waals surface area contributed by atoms with Gasteiger partial charge in [0.15, 0.2) is 0 Å². The molecule has 0 saturated carbocycles. The van der Waals surface area contributed by atoms with E-state index in [9.17, 15) is 0 Å². The first-order chi connectivity index (χ1) is 5.75. The maximum atomic E-state index is 5.64. The molecule has 0 amide bonds. The van der Waals surface area contributed by atoms with Gasteiger partial charge in [-0.15, -0.1) is 0 Å². The van der Waals surface area contributed by atoms with Gasteiger partial charge in [0.25, 0.3) is 0 Å². The Kier molecular flexibility index (Phi) is 4.57. The Morgan fingerprint density at radius 1 is 1.50 bits per heavy atom. The molecule has 2 heteroatoms. The Morgan fingerprint density at radius 3 is 2.75 bits per heavy atom. The van der Waals surface area contributed by atoms with Gasteiger partial charge in [-0.2, -0.15) is 0 Å². The van der Waals surface area contributed by atoms with Crippen LogP contribution in [0.1, 0.15) is 39.5 Å². The first kappa shape index (κ1) is 10.5. The van der Waals surface area contributed by atoms with E-state index < -0.39 is 0 Å². The first-order valence-corrected chi connectivity index (χ1v) is 5.80. The molecule has 0 aliphatic carbocycles. The molecule has 0 unspecified atom stereocenters. The van der Waals surface area contributed by atoms with Crippen LogP contribution in [0.5, 0.6) is 0 Å². The van der Waals surface area contributed by atoms with Crippen molar-refractivity contribution in [1.82, 2.24) is 0 Å². The van der Waals surface area contributed by atoms with Crippen LogP contribution < -0.4 is 0 Å². The average molecular weight is 280 g/mol. The zero-order valence-corrected chi connectivity index (χ0v) is 10.1. The van der Waals surface area contributed by atoms with E-state index in [2.05, 4.69) is 36.4 Å². The summed E-state index contributed by atoms with van der Waals surface area (Å²) in [6, 6.07) is 0. The van der Waals surface area contributed by atoms with Crippen LogP contribution in [0, 0.1) is 0 Å². The molecule has 0 saturated heterocycles. The molecular weight excluding hydrogens is 263 g/mol. The number of ether oxygens (including phenoxy) is 1. The predicted molar refractivity (Wildman–Crippen MR) is 60.6 cm³/mol. The van der Waals surface area contributed by atoms with Crippen molar-refractivity contribution in [3.8, 4) is 0 Å². The summed E-state index contributed by atoms with van der Waals surface area (Å²) in [6.45, 7) is 5.26. The number of hydrogen-bond acceptors (Lipinski definition) is 1. The van der Waals surface area contributed by atoms with Crippen LogP contribution in [0.15, 0.2) is 9.15 Å². The second-order valence-corrected chi connectivity index (χ2v) is 4.59. The van der Waals surface area contributed by atoms with Crippen molar-refractivity contribution in [3.63, 3.8) is 0 Å². The Balaban J connectivity index is 2.26. The van der Waals surface area contributed by atoms with Gasteiger partial charge in [0, 0.05) is 3.58 Å². The molecule has 70 valence electrons. The van der Waals surface area contributed by atoms with Gasteiger partial charge in [-0.25, -0.2) is 0 Å². The Morgan fingerprint density at radius 2 is 2.25 bits per heavy atom. The van der Waals surface area contributed by atoms with E-state index in [0.29, 0.717) is 6.10 Å². The fraction of sp³-hybridized carbons (Fsp3) is 0.800. The second-order valence-electron chi connectivity index (χ2n) is 3.42. The molecule has 0 N–H and O–H groups in total. The van der Waals surface area contributed by atoms with Crippen molar-refractivity contribution in [2.45, 2.75) is 45.6 Å². The second kappa shape index (κ2) is 5.22. The molecule has 0 fully saturated rings. The zero-order valence-electron chi connectivity index (χ0n) is 7.90. The summed E-state index contributed by atoms with van der Waals surface area (Å²) < 4.78 is 7.09. The predicted octanol–water partition coefficient (Wildman–Crippen LogP) is 3.67. The minimum absolute atomic E-state index is 0.428. The number of rotatable bonds is 4. The van der Waals surface area contributed by atoms with Crippen molar-refractivity contribution in [2.24, 2.45) is 0 Å². The molecule has 0 aromatic rings. The molecule has 0 aromatic carbocycles. The van der Waals surface area contributed by atoms with E-state index in [1.54, 1.807) is 0 Å². The smallest absolute Gasteiger partial charge is 0.0886 e. The molecule has 0 radical (unpaired) electrons. The fourth-order valence-corrected chi connectivity index (χ4v) is 2.08. The minimum Gasteiger partial charge on any atom is -0.369 e. The molecule has 1 aliphatic heterocycles. The highest BCUT2D eigenvalue weighted by Crippen LogP contribution is 2.29. The summed E-state index contributed by atoms with van der Waals surface area (Å²) in [5, 5.41) is 0. The molecule has 1 atom stereocenters. The van der Waals surface area contributed by atoms with Crippen molar-refractivity contribution >= 4 is 22.6 Å². The van der Waals surface area contributed by atoms with Gasteiger partial charge in [-0.1, -0.05) is 26.2 Å². The molecule has 0 spiro atoms. The van der Waals surface area contributed by atoms with Gasteiger partial charge in [-0.05, 0) is 41.5 Å². The summed E-state index contributed by atoms with van der Waals surface area (Å²) in [4.78, 5) is 0. The number of unbranched alkanes of at least 4 members (excludes halogenated alkanes) is 2. The van der Waals surface area contributed by atoms with Gasteiger partial charge in [-0.3, -0.25) is 0 Å². The van der Waals surface area contributed by atoms with Crippen LogP contribution in [0.2, 0.25) is 0 Å². The third-order valence-corrected chi connectivity index (χ3v) is 3.88. The quantitative estimate of drug-likeness (QED) is 0.564. The molecule has 1 nitrogen and oxygen atoms in total. The van der Waals surface area contributed by atoms with Crippen LogP contribution in [0.25, 0.3) is 0 Å². The lowest BCUT2D eigenvalue weighted by atomic mass is 10.1. The lowest BCUT2D eigenvalue weighted by molar-refractivity contribution is 0.116. The van der Waals surface area contributed by atoms with Crippen LogP contribution >= 0.6 is 22.6 Å². The topological polar surface area (TPSA) is 9.23 Å². The van der Waals surface area contributed by atoms with E-state index >= 15 is 0 Å². The van der Waals surface area contributed by atoms with Crippen LogP contribution in [-0.2, 0) is 4.74 Å². The van der Waals surface area contributed by atoms with Gasteiger partial charge in [0.2, 0.25) is 0 Å². The van der Waals surface area contributed by atoms with Crippen LogP contribution in [-0.4, -0.2) is 12.7 Å². The SMILES string of the molecule is CCCCC[C@@H]1OCC(C)=C1I. The average Bonchev–Trinajstić information content (AvgIpc) is 2.36. The Hall–Kier alpha value is 0.430. The summed E-state index contributed by atoms with van der Waals surface area (Å²) in [5.41, 5.74) is 1.43. The van der Waals surface area contributed by atoms with Crippen LogP contribution in [0.4, 0.5) is 0 Å². The maximum absolute atomic E-state index is 5.64. The lowest BCUT2D eigenvalue weighted by Gasteiger charge is -2.09. The minimum atomic E-state index is 0.428. The van der Waals surface area contributed by atoms with E-state index in [0.717, 1.165) is 6.61 Å². The van der Waals surface area contributed by atoms with Gasteiger partial charge < -0.3 is 4.74 Å². The Labute approximate surface area is 88.7 Å². The molecule has 1 rings (SSSR count). The molecular formula is C10H17IO. The Bertz CT molecular complexity index is 175. The molecule has 1 heterocycles. The van der Waals surface area contributed by atoms with Crippen LogP contribution in [0.3, 0.4) is 0 Å². The third-order valence-electron chi connectivity index (χ3n) is 2.26. The lowest BCUT2D eigenvalue weighted by Crippen LogP contribution is -2.06. The molecule has 1 aliphatic rings. The first-order valence-electron chi connectivity index (χ1n) is 4.72. The van der Waals surface area contributed by atoms with Crippen molar-refractivity contribution in [1.29, 1.82) is 0 Å². The monoisotopic (exact) mass is 280 g/mol. The highest BCUT2D eigenvalue weighted by Gasteiger charge is 2.20. The van der Waals surface area contributed by atoms with E-state index in [1.807, 2.05) is 0 Å². The molecule has 12 heavy (non-hydrogen) atoms. The van der Waals surface area contributed by atoms with Gasteiger partial charge >= 0.3 is 0 Å². The zero-order chi connectivity index (χ0) is 8.97. The van der Waals surface area contributed by atoms with E-state index in [4.69, 9.17) is 4.74 Å². The fourth-order valence-electron chi connectivity index (χ4n) is 1.43. The van der Waals surface area contributed by atoms with Crippen molar-refractivity contribution in [2.75, 3.05) is 6.61 Å². The van der Waals surface area contributed by atoms with Crippen molar-refractivity contribution < 1.29 is 4.74 Å². The summed E-state index contributed by atoms with van der Waals surface area (Å²) in [7, 11) is 0. The number of hydrogen-bond donors (Lipinski definition) is 0. The van der Waals surface area contributed by atoms with E-state index in [-0.39, 0.29) is 0 Å². The largest absolute Gasteiger partial charge is 0.369 e. The third kappa shape index (κ3) is 2.73. The highest BCUT2D eigenvalue weighted by atomic mass is 127. The molecule has 0 aromatic heterocycles. The van der Waals surface area contributed by atoms with E-state index in [1.165, 1.54) is 34.8 Å². The molecule has 0 bridgehead atoms. The summed E-state index contributed by atoms with van der Waals surface area (Å²) >= 11 is 2.43. The van der Waals surface area contributed by atoms with Gasteiger partial charge in [0.05, 0.1) is 12.7 Å². The summed E-state index contributed by atoms with van der Waals surface area (Å²) in [6.07, 6.45) is 5.58. The normalized spacial score (nSPS) is 23.8. The van der Waals surface area contributed by atoms with Crippen molar-refractivity contribution in [3.05, 3.63) is 9.15 Å². The summed E-state index contributed by atoms with van der Waals surface area (Å²) in [5.74, 6) is 0. The highest BCUT2D eigenvalue weighted by molar-refractivity contribution is 14.1. The van der Waals surface area contributed by atoms with Gasteiger partial charge in [0.1, 0.15) is 0 Å².